The van der Waals surface area contributed by atoms with E-state index in [2.05, 4.69) is 48.3 Å². The van der Waals surface area contributed by atoms with E-state index in [0.29, 0.717) is 6.54 Å². The van der Waals surface area contributed by atoms with Crippen LogP contribution in [0.5, 0.6) is 0 Å². The van der Waals surface area contributed by atoms with Crippen molar-refractivity contribution < 1.29 is 5.11 Å². The predicted molar refractivity (Wildman–Crippen MR) is 76.8 cm³/mol. The number of hydrogen-bond acceptors (Lipinski definition) is 3. The van der Waals surface area contributed by atoms with Crippen molar-refractivity contribution in [3.05, 3.63) is 35.9 Å². The molecule has 0 fully saturated rings. The Labute approximate surface area is 111 Å². The minimum Gasteiger partial charge on any atom is -0.390 e. The Morgan fingerprint density at radius 1 is 1.17 bits per heavy atom. The molecule has 0 aliphatic heterocycles. The highest BCUT2D eigenvalue weighted by Gasteiger charge is 2.07. The SMILES string of the molecule is CCN(CC)CC(O)CNCCc1ccccc1. The van der Waals surface area contributed by atoms with Gasteiger partial charge in [-0.05, 0) is 31.6 Å². The van der Waals surface area contributed by atoms with Crippen LogP contribution in [0.25, 0.3) is 0 Å². The second-order valence-corrected chi connectivity index (χ2v) is 4.58. The van der Waals surface area contributed by atoms with Crippen LogP contribution >= 0.6 is 0 Å². The lowest BCUT2D eigenvalue weighted by atomic mass is 10.1. The third kappa shape index (κ3) is 6.15. The fourth-order valence-corrected chi connectivity index (χ4v) is 1.99. The molecule has 0 aromatic heterocycles. The second kappa shape index (κ2) is 9.09. The van der Waals surface area contributed by atoms with Gasteiger partial charge >= 0.3 is 0 Å². The molecule has 3 nitrogen and oxygen atoms in total. The van der Waals surface area contributed by atoms with E-state index in [1.165, 1.54) is 5.56 Å². The van der Waals surface area contributed by atoms with E-state index >= 15 is 0 Å². The van der Waals surface area contributed by atoms with Gasteiger partial charge in [-0.1, -0.05) is 44.2 Å². The first-order valence-electron chi connectivity index (χ1n) is 6.91. The highest BCUT2D eigenvalue weighted by atomic mass is 16.3. The number of hydrogen-bond donors (Lipinski definition) is 2. The molecule has 18 heavy (non-hydrogen) atoms. The number of rotatable bonds is 9. The van der Waals surface area contributed by atoms with Crippen molar-refractivity contribution in [2.75, 3.05) is 32.7 Å². The van der Waals surface area contributed by atoms with E-state index in [9.17, 15) is 5.11 Å². The van der Waals surface area contributed by atoms with Gasteiger partial charge in [0.1, 0.15) is 0 Å². The van der Waals surface area contributed by atoms with Gasteiger partial charge in [0.2, 0.25) is 0 Å². The summed E-state index contributed by atoms with van der Waals surface area (Å²) in [6, 6.07) is 10.4. The minimum absolute atomic E-state index is 0.277. The Bertz CT molecular complexity index is 299. The highest BCUT2D eigenvalue weighted by Crippen LogP contribution is 1.98. The average molecular weight is 250 g/mol. The first-order chi connectivity index (χ1) is 8.76. The molecule has 0 amide bonds. The van der Waals surface area contributed by atoms with E-state index in [0.717, 1.165) is 32.6 Å². The molecule has 2 N–H and O–H groups in total. The molecule has 3 heteroatoms. The van der Waals surface area contributed by atoms with Gasteiger partial charge < -0.3 is 15.3 Å². The summed E-state index contributed by atoms with van der Waals surface area (Å²) in [6.07, 6.45) is 0.736. The van der Waals surface area contributed by atoms with Crippen molar-refractivity contribution in [1.82, 2.24) is 10.2 Å². The van der Waals surface area contributed by atoms with Crippen molar-refractivity contribution in [3.63, 3.8) is 0 Å². The Morgan fingerprint density at radius 3 is 2.44 bits per heavy atom. The molecular formula is C15H26N2O. The molecule has 1 rings (SSSR count). The number of aliphatic hydroxyl groups excluding tert-OH is 1. The van der Waals surface area contributed by atoms with Gasteiger partial charge in [0.15, 0.2) is 0 Å². The van der Waals surface area contributed by atoms with Crippen molar-refractivity contribution in [2.24, 2.45) is 0 Å². The van der Waals surface area contributed by atoms with E-state index in [1.54, 1.807) is 0 Å². The van der Waals surface area contributed by atoms with Crippen molar-refractivity contribution in [3.8, 4) is 0 Å². The Morgan fingerprint density at radius 2 is 1.83 bits per heavy atom. The summed E-state index contributed by atoms with van der Waals surface area (Å²) < 4.78 is 0. The lowest BCUT2D eigenvalue weighted by Crippen LogP contribution is -2.38. The molecule has 0 aliphatic carbocycles. The molecule has 1 unspecified atom stereocenters. The number of nitrogens with zero attached hydrogens (tertiary/aromatic N) is 1. The van der Waals surface area contributed by atoms with Crippen molar-refractivity contribution in [1.29, 1.82) is 0 Å². The maximum atomic E-state index is 9.87. The van der Waals surface area contributed by atoms with E-state index < -0.39 is 0 Å². The topological polar surface area (TPSA) is 35.5 Å². The Hall–Kier alpha value is -0.900. The van der Waals surface area contributed by atoms with Crippen LogP contribution in [-0.2, 0) is 6.42 Å². The number of nitrogens with one attached hydrogen (secondary N) is 1. The molecule has 1 aromatic carbocycles. The maximum Gasteiger partial charge on any atom is 0.0791 e. The van der Waals surface area contributed by atoms with Crippen LogP contribution in [0.15, 0.2) is 30.3 Å². The zero-order valence-electron chi connectivity index (χ0n) is 11.6. The molecule has 0 spiro atoms. The van der Waals surface area contributed by atoms with Gasteiger partial charge in [0, 0.05) is 13.1 Å². The summed E-state index contributed by atoms with van der Waals surface area (Å²) >= 11 is 0. The zero-order valence-corrected chi connectivity index (χ0v) is 11.6. The van der Waals surface area contributed by atoms with Crippen LogP contribution in [0.1, 0.15) is 19.4 Å². The minimum atomic E-state index is -0.277. The van der Waals surface area contributed by atoms with Crippen LogP contribution < -0.4 is 5.32 Å². The van der Waals surface area contributed by atoms with Gasteiger partial charge in [-0.3, -0.25) is 0 Å². The third-order valence-corrected chi connectivity index (χ3v) is 3.18. The van der Waals surface area contributed by atoms with Crippen LogP contribution in [0.2, 0.25) is 0 Å². The van der Waals surface area contributed by atoms with Gasteiger partial charge in [0.05, 0.1) is 6.10 Å². The Kier molecular flexibility index (Phi) is 7.65. The van der Waals surface area contributed by atoms with Crippen molar-refractivity contribution in [2.45, 2.75) is 26.4 Å². The van der Waals surface area contributed by atoms with Crippen LogP contribution in [0.3, 0.4) is 0 Å². The summed E-state index contributed by atoms with van der Waals surface area (Å²) in [4.78, 5) is 2.24. The van der Waals surface area contributed by atoms with Gasteiger partial charge in [-0.15, -0.1) is 0 Å². The standard InChI is InChI=1S/C15H26N2O/c1-3-17(4-2)13-15(18)12-16-11-10-14-8-6-5-7-9-14/h5-9,15-16,18H,3-4,10-13H2,1-2H3. The molecule has 0 radical (unpaired) electrons. The predicted octanol–water partition coefficient (Wildman–Crippen LogP) is 1.52. The van der Waals surface area contributed by atoms with Crippen molar-refractivity contribution >= 4 is 0 Å². The van der Waals surface area contributed by atoms with Crippen LogP contribution in [-0.4, -0.2) is 48.8 Å². The summed E-state index contributed by atoms with van der Waals surface area (Å²) in [5.74, 6) is 0. The lowest BCUT2D eigenvalue weighted by molar-refractivity contribution is 0.117. The first kappa shape index (κ1) is 15.2. The smallest absolute Gasteiger partial charge is 0.0791 e. The molecule has 0 saturated carbocycles. The summed E-state index contributed by atoms with van der Waals surface area (Å²) in [7, 11) is 0. The van der Waals surface area contributed by atoms with Crippen LogP contribution in [0.4, 0.5) is 0 Å². The van der Waals surface area contributed by atoms with E-state index in [4.69, 9.17) is 0 Å². The molecule has 1 atom stereocenters. The molecule has 102 valence electrons. The van der Waals surface area contributed by atoms with E-state index in [-0.39, 0.29) is 6.10 Å². The zero-order chi connectivity index (χ0) is 13.2. The molecule has 1 aromatic rings. The van der Waals surface area contributed by atoms with Crippen LogP contribution in [0, 0.1) is 0 Å². The largest absolute Gasteiger partial charge is 0.390 e. The molecule has 0 aliphatic rings. The highest BCUT2D eigenvalue weighted by molar-refractivity contribution is 5.14. The summed E-state index contributed by atoms with van der Waals surface area (Å²) in [6.45, 7) is 8.58. The number of benzene rings is 1. The quantitative estimate of drug-likeness (QED) is 0.652. The fourth-order valence-electron chi connectivity index (χ4n) is 1.99. The van der Waals surface area contributed by atoms with E-state index in [1.807, 2.05) is 6.07 Å². The van der Waals surface area contributed by atoms with Gasteiger partial charge in [0.25, 0.3) is 0 Å². The summed E-state index contributed by atoms with van der Waals surface area (Å²) in [5, 5.41) is 13.2. The second-order valence-electron chi connectivity index (χ2n) is 4.58. The normalized spacial score (nSPS) is 12.9. The molecular weight excluding hydrogens is 224 g/mol. The fraction of sp³-hybridized carbons (Fsp3) is 0.600. The molecule has 0 bridgehead atoms. The summed E-state index contributed by atoms with van der Waals surface area (Å²) in [5.41, 5.74) is 1.34. The molecule has 0 saturated heterocycles. The third-order valence-electron chi connectivity index (χ3n) is 3.18. The van der Waals surface area contributed by atoms with Gasteiger partial charge in [-0.25, -0.2) is 0 Å². The maximum absolute atomic E-state index is 9.87. The monoisotopic (exact) mass is 250 g/mol. The average Bonchev–Trinajstić information content (AvgIpc) is 2.42. The van der Waals surface area contributed by atoms with Gasteiger partial charge in [-0.2, -0.15) is 0 Å². The molecule has 0 heterocycles. The number of aliphatic hydroxyl groups is 1. The Balaban J connectivity index is 2.10. The number of likely N-dealkylation sites (N-methyl/N-ethyl adjacent to an activating group) is 1. The first-order valence-corrected chi connectivity index (χ1v) is 6.91. The lowest BCUT2D eigenvalue weighted by Gasteiger charge is -2.22.